The number of hydrogen-bond donors (Lipinski definition) is 1. The van der Waals surface area contributed by atoms with Gasteiger partial charge in [-0.15, -0.1) is 0 Å². The number of carbonyl (C=O) groups excluding carboxylic acids is 1. The number of ether oxygens (including phenoxy) is 2. The number of amides is 1. The van der Waals surface area contributed by atoms with Crippen molar-refractivity contribution in [3.63, 3.8) is 0 Å². The summed E-state index contributed by atoms with van der Waals surface area (Å²) in [5, 5.41) is 2.86. The highest BCUT2D eigenvalue weighted by molar-refractivity contribution is 9.10. The van der Waals surface area contributed by atoms with Crippen LogP contribution in [0.25, 0.3) is 0 Å². The molecule has 0 unspecified atom stereocenters. The van der Waals surface area contributed by atoms with Crippen molar-refractivity contribution in [2.45, 2.75) is 0 Å². The van der Waals surface area contributed by atoms with E-state index in [9.17, 15) is 4.79 Å². The Morgan fingerprint density at radius 2 is 1.86 bits per heavy atom. The number of hydrogen-bond acceptors (Lipinski definition) is 5. The van der Waals surface area contributed by atoms with E-state index in [-0.39, 0.29) is 17.7 Å². The second kappa shape index (κ2) is 6.73. The summed E-state index contributed by atoms with van der Waals surface area (Å²) in [6.07, 6.45) is 0. The van der Waals surface area contributed by atoms with E-state index in [1.165, 1.54) is 20.3 Å². The molecule has 8 heteroatoms. The fourth-order valence-electron chi connectivity index (χ4n) is 1.52. The highest BCUT2D eigenvalue weighted by Gasteiger charge is 2.15. The van der Waals surface area contributed by atoms with E-state index < -0.39 is 5.91 Å². The lowest BCUT2D eigenvalue weighted by molar-refractivity contribution is 0.102. The van der Waals surface area contributed by atoms with Gasteiger partial charge in [0.15, 0.2) is 0 Å². The summed E-state index contributed by atoms with van der Waals surface area (Å²) in [4.78, 5) is 20.2. The molecule has 0 atom stereocenters. The molecule has 1 aromatic carbocycles. The number of nitrogens with zero attached hydrogens (tertiary/aromatic N) is 2. The lowest BCUT2D eigenvalue weighted by Gasteiger charge is -2.09. The largest absolute Gasteiger partial charge is 0.481 e. The zero-order valence-electron chi connectivity index (χ0n) is 11.2. The van der Waals surface area contributed by atoms with Crippen molar-refractivity contribution in [1.82, 2.24) is 9.97 Å². The molecule has 6 nitrogen and oxygen atoms in total. The number of aromatic nitrogens is 2. The summed E-state index contributed by atoms with van der Waals surface area (Å²) in [6, 6.07) is 6.55. The molecule has 0 aliphatic rings. The van der Waals surface area contributed by atoms with Gasteiger partial charge in [0.05, 0.1) is 30.9 Å². The highest BCUT2D eigenvalue weighted by atomic mass is 79.9. The lowest BCUT2D eigenvalue weighted by Crippen LogP contribution is -2.15. The molecular formula is C13H11BrClN3O3. The first-order valence-electron chi connectivity index (χ1n) is 5.77. The normalized spacial score (nSPS) is 10.1. The Labute approximate surface area is 134 Å². The quantitative estimate of drug-likeness (QED) is 0.892. The molecule has 0 fully saturated rings. The van der Waals surface area contributed by atoms with Gasteiger partial charge in [-0.3, -0.25) is 10.1 Å². The van der Waals surface area contributed by atoms with E-state index in [2.05, 4.69) is 31.2 Å². The van der Waals surface area contributed by atoms with Gasteiger partial charge >= 0.3 is 0 Å². The zero-order valence-corrected chi connectivity index (χ0v) is 13.5. The summed E-state index contributed by atoms with van der Waals surface area (Å²) in [5.74, 6) is 0.179. The van der Waals surface area contributed by atoms with Crippen molar-refractivity contribution < 1.29 is 14.3 Å². The van der Waals surface area contributed by atoms with Crippen LogP contribution in [-0.2, 0) is 0 Å². The average Bonchev–Trinajstić information content (AvgIpc) is 2.49. The molecule has 0 aliphatic heterocycles. The van der Waals surface area contributed by atoms with Gasteiger partial charge in [-0.1, -0.05) is 17.7 Å². The predicted octanol–water partition coefficient (Wildman–Crippen LogP) is 3.16. The highest BCUT2D eigenvalue weighted by Crippen LogP contribution is 2.26. The van der Waals surface area contributed by atoms with Crippen LogP contribution in [0.3, 0.4) is 0 Å². The monoisotopic (exact) mass is 371 g/mol. The topological polar surface area (TPSA) is 73.3 Å². The van der Waals surface area contributed by atoms with Crippen molar-refractivity contribution in [3.8, 4) is 11.8 Å². The van der Waals surface area contributed by atoms with Crippen LogP contribution >= 0.6 is 27.5 Å². The first-order valence-corrected chi connectivity index (χ1v) is 6.94. The van der Waals surface area contributed by atoms with E-state index in [4.69, 9.17) is 21.1 Å². The van der Waals surface area contributed by atoms with Gasteiger partial charge in [-0.05, 0) is 28.1 Å². The van der Waals surface area contributed by atoms with Gasteiger partial charge < -0.3 is 9.47 Å². The molecule has 1 aromatic heterocycles. The Bertz CT molecular complexity index is 659. The average molecular weight is 373 g/mol. The summed E-state index contributed by atoms with van der Waals surface area (Å²) in [7, 11) is 2.91. The standard InChI is InChI=1S/C13H11BrClN3O3/c1-20-9-6-10(21-2)17-13(16-9)18-12(19)7-4-3-5-8(14)11(7)15/h3-6H,1-2H3,(H,16,17,18,19). The Morgan fingerprint density at radius 3 is 2.43 bits per heavy atom. The van der Waals surface area contributed by atoms with E-state index in [0.29, 0.717) is 15.1 Å². The van der Waals surface area contributed by atoms with Crippen LogP contribution in [0, 0.1) is 0 Å². The van der Waals surface area contributed by atoms with Crippen molar-refractivity contribution >= 4 is 39.4 Å². The SMILES string of the molecule is COc1cc(OC)nc(NC(=O)c2cccc(Br)c2Cl)n1. The Kier molecular flexibility index (Phi) is 4.98. The summed E-state index contributed by atoms with van der Waals surface area (Å²) < 4.78 is 10.6. The van der Waals surface area contributed by atoms with E-state index >= 15 is 0 Å². The van der Waals surface area contributed by atoms with Crippen LogP contribution in [0.5, 0.6) is 11.8 Å². The van der Waals surface area contributed by atoms with Crippen molar-refractivity contribution in [1.29, 1.82) is 0 Å². The van der Waals surface area contributed by atoms with Crippen molar-refractivity contribution in [2.75, 3.05) is 19.5 Å². The third kappa shape index (κ3) is 3.62. The minimum Gasteiger partial charge on any atom is -0.481 e. The molecule has 0 radical (unpaired) electrons. The Morgan fingerprint density at radius 1 is 1.24 bits per heavy atom. The smallest absolute Gasteiger partial charge is 0.259 e. The number of methoxy groups -OCH3 is 2. The number of nitrogens with one attached hydrogen (secondary N) is 1. The molecule has 0 bridgehead atoms. The molecule has 110 valence electrons. The summed E-state index contributed by atoms with van der Waals surface area (Å²) >= 11 is 9.34. The van der Waals surface area contributed by atoms with Gasteiger partial charge in [0, 0.05) is 4.47 Å². The van der Waals surface area contributed by atoms with Crippen LogP contribution < -0.4 is 14.8 Å². The van der Waals surface area contributed by atoms with Gasteiger partial charge in [-0.25, -0.2) is 0 Å². The maximum atomic E-state index is 12.2. The van der Waals surface area contributed by atoms with Gasteiger partial charge in [-0.2, -0.15) is 9.97 Å². The number of rotatable bonds is 4. The van der Waals surface area contributed by atoms with E-state index in [0.717, 1.165) is 0 Å². The predicted molar refractivity (Wildman–Crippen MR) is 82.2 cm³/mol. The van der Waals surface area contributed by atoms with Crippen molar-refractivity contribution in [2.24, 2.45) is 0 Å². The fourth-order valence-corrected chi connectivity index (χ4v) is 2.10. The van der Waals surface area contributed by atoms with Gasteiger partial charge in [0.1, 0.15) is 0 Å². The number of anilines is 1. The number of halogens is 2. The molecule has 0 aliphatic carbocycles. The van der Waals surface area contributed by atoms with Gasteiger partial charge in [0.25, 0.3) is 5.91 Å². The van der Waals surface area contributed by atoms with Crippen LogP contribution in [-0.4, -0.2) is 30.1 Å². The maximum absolute atomic E-state index is 12.2. The third-order valence-corrected chi connectivity index (χ3v) is 3.82. The first kappa shape index (κ1) is 15.5. The second-order valence-electron chi connectivity index (χ2n) is 3.83. The lowest BCUT2D eigenvalue weighted by atomic mass is 10.2. The van der Waals surface area contributed by atoms with Gasteiger partial charge in [0.2, 0.25) is 17.7 Å². The van der Waals surface area contributed by atoms with Crippen molar-refractivity contribution in [3.05, 3.63) is 39.3 Å². The molecule has 2 rings (SSSR count). The second-order valence-corrected chi connectivity index (χ2v) is 5.06. The molecule has 0 saturated carbocycles. The summed E-state index contributed by atoms with van der Waals surface area (Å²) in [5.41, 5.74) is 0.302. The third-order valence-electron chi connectivity index (χ3n) is 2.52. The Hall–Kier alpha value is -1.86. The van der Waals surface area contributed by atoms with E-state index in [1.807, 2.05) is 0 Å². The van der Waals surface area contributed by atoms with Crippen LogP contribution in [0.4, 0.5) is 5.95 Å². The van der Waals surface area contributed by atoms with Crippen LogP contribution in [0.1, 0.15) is 10.4 Å². The fraction of sp³-hybridized carbons (Fsp3) is 0.154. The van der Waals surface area contributed by atoms with Crippen LogP contribution in [0.2, 0.25) is 5.02 Å². The molecule has 0 saturated heterocycles. The molecular weight excluding hydrogens is 362 g/mol. The zero-order chi connectivity index (χ0) is 15.4. The minimum atomic E-state index is -0.434. The van der Waals surface area contributed by atoms with Crippen LogP contribution in [0.15, 0.2) is 28.7 Å². The van der Waals surface area contributed by atoms with E-state index in [1.54, 1.807) is 18.2 Å². The first-order chi connectivity index (χ1) is 10.0. The molecule has 2 aromatic rings. The number of benzene rings is 1. The number of carbonyl (C=O) groups is 1. The molecule has 1 heterocycles. The molecule has 21 heavy (non-hydrogen) atoms. The Balaban J connectivity index is 2.29. The molecule has 1 N–H and O–H groups in total. The summed E-state index contributed by atoms with van der Waals surface area (Å²) in [6.45, 7) is 0. The minimum absolute atomic E-state index is 0.0623. The molecule has 0 spiro atoms. The maximum Gasteiger partial charge on any atom is 0.259 e. The molecule has 1 amide bonds.